The van der Waals surface area contributed by atoms with E-state index in [1.807, 2.05) is 88.4 Å². The normalized spacial score (nSPS) is 17.6. The maximum Gasteiger partial charge on any atom is 0.220 e. The topological polar surface area (TPSA) is 69.6 Å². The van der Waals surface area contributed by atoms with Gasteiger partial charge in [0.15, 0.2) is 7.14 Å². The van der Waals surface area contributed by atoms with Gasteiger partial charge in [-0.15, -0.1) is 0 Å². The minimum atomic E-state index is -3.01. The van der Waals surface area contributed by atoms with E-state index in [0.29, 0.717) is 18.3 Å². The number of carbonyl (C=O) groups excluding carboxylic acids is 1. The lowest BCUT2D eigenvalue weighted by molar-refractivity contribution is -0.246. The minimum absolute atomic E-state index is 0.0630. The zero-order chi connectivity index (χ0) is 36.5. The second-order valence-electron chi connectivity index (χ2n) is 15.5. The number of amides is 1. The molecule has 0 saturated carbocycles. The number of piperidine rings is 1. The summed E-state index contributed by atoms with van der Waals surface area (Å²) in [7, 11) is -3.01. The van der Waals surface area contributed by atoms with E-state index in [0.717, 1.165) is 60.9 Å². The van der Waals surface area contributed by atoms with Gasteiger partial charge in [-0.2, -0.15) is 5.06 Å². The number of nitrogens with zero attached hydrogens (tertiary/aromatic N) is 1. The molecule has 51 heavy (non-hydrogen) atoms. The first-order valence-corrected chi connectivity index (χ1v) is 20.4. The molecule has 0 spiro atoms. The third-order valence-electron chi connectivity index (χ3n) is 10.7. The van der Waals surface area contributed by atoms with Crippen molar-refractivity contribution < 1.29 is 14.6 Å². The van der Waals surface area contributed by atoms with Crippen LogP contribution in [0.1, 0.15) is 109 Å². The summed E-state index contributed by atoms with van der Waals surface area (Å²) in [5.41, 5.74) is 1.86. The van der Waals surface area contributed by atoms with Gasteiger partial charge < -0.3 is 15.1 Å². The average molecular weight is 705 g/mol. The Morgan fingerprint density at radius 2 is 1.25 bits per heavy atom. The van der Waals surface area contributed by atoms with Gasteiger partial charge in [0, 0.05) is 39.5 Å². The highest BCUT2D eigenvalue weighted by Gasteiger charge is 2.45. The van der Waals surface area contributed by atoms with Crippen molar-refractivity contribution in [2.75, 3.05) is 0 Å². The number of carbonyl (C=O) groups is 1. The molecule has 0 bridgehead atoms. The molecule has 2 unspecified atom stereocenters. The van der Waals surface area contributed by atoms with Gasteiger partial charge in [-0.3, -0.25) is 4.79 Å². The SMILES string of the molecule is CCC(CC(C/C=C/CCCC(=O)NC1CC(C)(C)N(O)C(C)(C)C1)c1ccccc1)c1ccc(P(=O)(c2ccccc2)c2ccccc2)cc1. The van der Waals surface area contributed by atoms with E-state index >= 15 is 0 Å². The van der Waals surface area contributed by atoms with Crippen molar-refractivity contribution in [3.05, 3.63) is 139 Å². The number of hydrogen-bond donors (Lipinski definition) is 2. The van der Waals surface area contributed by atoms with Crippen LogP contribution < -0.4 is 21.2 Å². The van der Waals surface area contributed by atoms with E-state index in [2.05, 4.69) is 79.0 Å². The predicted molar refractivity (Wildman–Crippen MR) is 213 cm³/mol. The van der Waals surface area contributed by atoms with Crippen molar-refractivity contribution >= 4 is 29.0 Å². The molecule has 1 heterocycles. The zero-order valence-corrected chi connectivity index (χ0v) is 32.1. The first-order chi connectivity index (χ1) is 24.4. The molecule has 5 nitrogen and oxygen atoms in total. The molecule has 1 aliphatic heterocycles. The van der Waals surface area contributed by atoms with Gasteiger partial charge in [0.25, 0.3) is 0 Å². The molecule has 2 N–H and O–H groups in total. The van der Waals surface area contributed by atoms with E-state index in [1.54, 1.807) is 0 Å². The van der Waals surface area contributed by atoms with Gasteiger partial charge in [0.2, 0.25) is 5.91 Å². The van der Waals surface area contributed by atoms with Crippen molar-refractivity contribution in [2.24, 2.45) is 0 Å². The van der Waals surface area contributed by atoms with E-state index in [4.69, 9.17) is 0 Å². The molecule has 1 amide bonds. The Bertz CT molecular complexity index is 1690. The van der Waals surface area contributed by atoms with Crippen LogP contribution in [-0.4, -0.2) is 33.3 Å². The quantitative estimate of drug-likeness (QED) is 0.0735. The second kappa shape index (κ2) is 17.2. The summed E-state index contributed by atoms with van der Waals surface area (Å²) >= 11 is 0. The van der Waals surface area contributed by atoms with Crippen LogP contribution in [0.5, 0.6) is 0 Å². The third kappa shape index (κ3) is 9.57. The van der Waals surface area contributed by atoms with Crippen molar-refractivity contribution in [2.45, 2.75) is 115 Å². The van der Waals surface area contributed by atoms with E-state index < -0.39 is 7.14 Å². The van der Waals surface area contributed by atoms with Crippen molar-refractivity contribution in [1.29, 1.82) is 0 Å². The molecule has 4 aromatic carbocycles. The lowest BCUT2D eigenvalue weighted by Gasteiger charge is -2.51. The Balaban J connectivity index is 1.21. The van der Waals surface area contributed by atoms with Gasteiger partial charge in [0.1, 0.15) is 0 Å². The molecule has 2 atom stereocenters. The smallest absolute Gasteiger partial charge is 0.220 e. The monoisotopic (exact) mass is 704 g/mol. The number of allylic oxidation sites excluding steroid dienone is 2. The summed E-state index contributed by atoms with van der Waals surface area (Å²) < 4.78 is 14.9. The maximum absolute atomic E-state index is 14.9. The fraction of sp³-hybridized carbons (Fsp3) is 0.400. The summed E-state index contributed by atoms with van der Waals surface area (Å²) in [5, 5.41) is 17.8. The number of nitrogens with one attached hydrogen (secondary N) is 1. The summed E-state index contributed by atoms with van der Waals surface area (Å²) in [5.74, 6) is 0.815. The van der Waals surface area contributed by atoms with E-state index in [-0.39, 0.29) is 23.0 Å². The molecule has 6 heteroatoms. The van der Waals surface area contributed by atoms with Gasteiger partial charge in [-0.05, 0) is 95.6 Å². The van der Waals surface area contributed by atoms with Gasteiger partial charge in [-0.25, -0.2) is 0 Å². The Labute approximate surface area is 306 Å². The van der Waals surface area contributed by atoms with Gasteiger partial charge in [-0.1, -0.05) is 134 Å². The average Bonchev–Trinajstić information content (AvgIpc) is 3.14. The van der Waals surface area contributed by atoms with Crippen LogP contribution in [-0.2, 0) is 9.36 Å². The summed E-state index contributed by atoms with van der Waals surface area (Å²) in [6.45, 7) is 10.4. The lowest BCUT2D eigenvalue weighted by Crippen LogP contribution is -2.62. The highest BCUT2D eigenvalue weighted by Crippen LogP contribution is 2.43. The highest BCUT2D eigenvalue weighted by molar-refractivity contribution is 7.85. The highest BCUT2D eigenvalue weighted by atomic mass is 31.2. The zero-order valence-electron chi connectivity index (χ0n) is 31.2. The van der Waals surface area contributed by atoms with Crippen LogP contribution in [0.4, 0.5) is 0 Å². The Morgan fingerprint density at radius 1 is 0.765 bits per heavy atom. The molecule has 270 valence electrons. The molecule has 1 fully saturated rings. The molecular formula is C45H57N2O3P. The van der Waals surface area contributed by atoms with Crippen molar-refractivity contribution in [3.8, 4) is 0 Å². The summed E-state index contributed by atoms with van der Waals surface area (Å²) in [4.78, 5) is 12.8. The fourth-order valence-electron chi connectivity index (χ4n) is 8.09. The van der Waals surface area contributed by atoms with E-state index in [1.165, 1.54) is 16.2 Å². The Morgan fingerprint density at radius 3 is 1.78 bits per heavy atom. The number of hydroxylamine groups is 2. The molecule has 0 aliphatic carbocycles. The minimum Gasteiger partial charge on any atom is -0.353 e. The van der Waals surface area contributed by atoms with Gasteiger partial charge >= 0.3 is 0 Å². The Kier molecular flexibility index (Phi) is 13.0. The van der Waals surface area contributed by atoms with E-state index in [9.17, 15) is 14.6 Å². The lowest BCUT2D eigenvalue weighted by atomic mass is 9.79. The summed E-state index contributed by atoms with van der Waals surface area (Å²) in [6.07, 6.45) is 11.1. The third-order valence-corrected chi connectivity index (χ3v) is 13.7. The number of hydrogen-bond acceptors (Lipinski definition) is 4. The van der Waals surface area contributed by atoms with Crippen molar-refractivity contribution in [1.82, 2.24) is 10.4 Å². The van der Waals surface area contributed by atoms with Crippen LogP contribution >= 0.6 is 7.14 Å². The van der Waals surface area contributed by atoms with Crippen LogP contribution in [0.25, 0.3) is 0 Å². The summed E-state index contributed by atoms with van der Waals surface area (Å²) in [6, 6.07) is 39.1. The fourth-order valence-corrected chi connectivity index (χ4v) is 10.7. The molecule has 0 radical (unpaired) electrons. The van der Waals surface area contributed by atoms with Crippen molar-refractivity contribution in [3.63, 3.8) is 0 Å². The van der Waals surface area contributed by atoms with Crippen LogP contribution in [0.2, 0.25) is 0 Å². The first-order valence-electron chi connectivity index (χ1n) is 18.7. The molecular weight excluding hydrogens is 647 g/mol. The number of rotatable bonds is 15. The molecule has 1 saturated heterocycles. The first kappa shape index (κ1) is 38.5. The molecule has 1 aliphatic rings. The molecule has 4 aromatic rings. The standard InChI is InChI=1S/C45H57N2O3P/c1-6-35(37-28-30-42(31-29-37)51(50,40-23-15-10-16-24-40)41-25-17-11-18-26-41)32-38(36-20-13-9-14-21-36)22-12-7-8-19-27-43(48)46-39-33-44(2,3)47(49)45(4,5)34-39/h7,9-18,20-21,23-26,28-31,35,38-39,49H,6,8,19,22,27,32-34H2,1-5H3,(H,46,48)/b12-7+. The Hall–Kier alpha value is -3.76. The number of unbranched alkanes of at least 4 members (excludes halogenated alkanes) is 1. The molecule has 0 aromatic heterocycles. The van der Waals surface area contributed by atoms with Crippen LogP contribution in [0, 0.1) is 0 Å². The maximum atomic E-state index is 14.9. The molecule has 5 rings (SSSR count). The van der Waals surface area contributed by atoms with Gasteiger partial charge in [0.05, 0.1) is 0 Å². The largest absolute Gasteiger partial charge is 0.353 e. The van der Waals surface area contributed by atoms with Crippen LogP contribution in [0.15, 0.2) is 127 Å². The number of benzene rings is 4. The van der Waals surface area contributed by atoms with Crippen LogP contribution in [0.3, 0.4) is 0 Å². The predicted octanol–water partition coefficient (Wildman–Crippen LogP) is 9.64. The second-order valence-corrected chi connectivity index (χ2v) is 18.3.